The van der Waals surface area contributed by atoms with Gasteiger partial charge in [0.1, 0.15) is 23.4 Å². The van der Waals surface area contributed by atoms with Gasteiger partial charge in [-0.25, -0.2) is 17.8 Å². The molecule has 0 fully saturated rings. The number of ether oxygens (including phenoxy) is 1. The van der Waals surface area contributed by atoms with Crippen molar-refractivity contribution in [3.05, 3.63) is 41.2 Å². The molecule has 0 bridgehead atoms. The lowest BCUT2D eigenvalue weighted by molar-refractivity contribution is -0.148. The number of carbonyl (C=O) groups excluding carboxylic acids is 2. The van der Waals surface area contributed by atoms with Crippen LogP contribution in [0, 0.1) is 11.7 Å². The Labute approximate surface area is 179 Å². The Hall–Kier alpha value is -2.37. The summed E-state index contributed by atoms with van der Waals surface area (Å²) in [6.07, 6.45) is 0. The molecule has 0 radical (unpaired) electrons. The van der Waals surface area contributed by atoms with Crippen LogP contribution in [0.15, 0.2) is 34.5 Å². The third-order valence-electron chi connectivity index (χ3n) is 4.16. The molecule has 2 rings (SSSR count). The second-order valence-corrected chi connectivity index (χ2v) is 9.28. The van der Waals surface area contributed by atoms with Crippen molar-refractivity contribution in [1.82, 2.24) is 9.71 Å². The van der Waals surface area contributed by atoms with Gasteiger partial charge in [0.15, 0.2) is 5.13 Å². The van der Waals surface area contributed by atoms with Crippen molar-refractivity contribution in [3.63, 3.8) is 0 Å². The molecule has 0 saturated carbocycles. The van der Waals surface area contributed by atoms with Crippen LogP contribution in [-0.4, -0.2) is 37.9 Å². The Kier molecular flexibility index (Phi) is 8.04. The third-order valence-corrected chi connectivity index (χ3v) is 6.54. The Morgan fingerprint density at radius 3 is 2.53 bits per heavy atom. The van der Waals surface area contributed by atoms with Gasteiger partial charge in [0.25, 0.3) is 0 Å². The summed E-state index contributed by atoms with van der Waals surface area (Å²) in [5, 5.41) is 2.14. The molecule has 0 aliphatic carbocycles. The minimum absolute atomic E-state index is 0.155. The molecule has 1 atom stereocenters. The average Bonchev–Trinajstić information content (AvgIpc) is 3.13. The van der Waals surface area contributed by atoms with Gasteiger partial charge in [-0.15, -0.1) is 11.3 Å². The van der Waals surface area contributed by atoms with Crippen molar-refractivity contribution < 1.29 is 27.1 Å². The van der Waals surface area contributed by atoms with Crippen LogP contribution in [0.25, 0.3) is 0 Å². The van der Waals surface area contributed by atoms with Gasteiger partial charge in [0.2, 0.25) is 15.9 Å². The summed E-state index contributed by atoms with van der Waals surface area (Å²) in [7, 11) is -4.27. The lowest BCUT2D eigenvalue weighted by Crippen LogP contribution is -2.45. The van der Waals surface area contributed by atoms with E-state index >= 15 is 0 Å². The molecule has 0 aliphatic rings. The lowest BCUT2D eigenvalue weighted by atomic mass is 10.1. The highest BCUT2D eigenvalue weighted by Crippen LogP contribution is 2.21. The molecule has 0 saturated heterocycles. The van der Waals surface area contributed by atoms with Crippen molar-refractivity contribution in [2.45, 2.75) is 45.2 Å². The number of halogens is 1. The predicted molar refractivity (Wildman–Crippen MR) is 111 cm³/mol. The first-order valence-corrected chi connectivity index (χ1v) is 11.6. The maximum Gasteiger partial charge on any atom is 0.324 e. The largest absolute Gasteiger partial charge is 0.458 e. The van der Waals surface area contributed by atoms with Gasteiger partial charge in [-0.3, -0.25) is 14.5 Å². The van der Waals surface area contributed by atoms with Crippen LogP contribution in [0.5, 0.6) is 0 Å². The molecule has 1 N–H and O–H groups in total. The number of aromatic nitrogens is 1. The van der Waals surface area contributed by atoms with Gasteiger partial charge in [-0.2, -0.15) is 4.72 Å². The molecule has 0 spiro atoms. The van der Waals surface area contributed by atoms with Crippen molar-refractivity contribution in [1.29, 1.82) is 0 Å². The molecule has 1 amide bonds. The Morgan fingerprint density at radius 2 is 1.97 bits per heavy atom. The minimum atomic E-state index is -4.27. The van der Waals surface area contributed by atoms with E-state index in [0.717, 1.165) is 12.1 Å². The van der Waals surface area contributed by atoms with E-state index in [9.17, 15) is 22.4 Å². The van der Waals surface area contributed by atoms with Crippen LogP contribution < -0.4 is 9.62 Å². The van der Waals surface area contributed by atoms with Crippen LogP contribution >= 0.6 is 11.3 Å². The van der Waals surface area contributed by atoms with Crippen LogP contribution in [0.2, 0.25) is 0 Å². The summed E-state index contributed by atoms with van der Waals surface area (Å²) >= 11 is 1.24. The SMILES string of the molecule is CCN(C(C)=O)c1nc(COC(=O)C(NS(=O)(=O)c2ccccc2F)C(C)C)cs1. The van der Waals surface area contributed by atoms with Crippen LogP contribution in [0.1, 0.15) is 33.4 Å². The number of sulfonamides is 1. The number of hydrogen-bond donors (Lipinski definition) is 1. The molecular weight excluding hydrogens is 433 g/mol. The second-order valence-electron chi connectivity index (χ2n) is 6.77. The van der Waals surface area contributed by atoms with Crippen molar-refractivity contribution in [3.8, 4) is 0 Å². The van der Waals surface area contributed by atoms with E-state index in [-0.39, 0.29) is 12.5 Å². The Balaban J connectivity index is 2.09. The number of benzene rings is 1. The summed E-state index contributed by atoms with van der Waals surface area (Å²) in [6, 6.07) is 3.69. The molecule has 1 unspecified atom stereocenters. The topological polar surface area (TPSA) is 106 Å². The quantitative estimate of drug-likeness (QED) is 0.581. The van der Waals surface area contributed by atoms with Crippen molar-refractivity contribution >= 4 is 38.4 Å². The molecule has 30 heavy (non-hydrogen) atoms. The molecule has 0 aliphatic heterocycles. The van der Waals surface area contributed by atoms with Crippen molar-refractivity contribution in [2.24, 2.45) is 5.92 Å². The molecule has 164 valence electrons. The van der Waals surface area contributed by atoms with Gasteiger partial charge >= 0.3 is 5.97 Å². The summed E-state index contributed by atoms with van der Waals surface area (Å²) in [5.74, 6) is -2.32. The van der Waals surface area contributed by atoms with E-state index in [1.54, 1.807) is 19.2 Å². The maximum atomic E-state index is 13.9. The number of anilines is 1. The number of rotatable bonds is 9. The summed E-state index contributed by atoms with van der Waals surface area (Å²) in [4.78, 5) is 29.3. The molecular formula is C19H24FN3O5S2. The number of thiazole rings is 1. The fourth-order valence-electron chi connectivity index (χ4n) is 2.56. The number of nitrogens with one attached hydrogen (secondary N) is 1. The van der Waals surface area contributed by atoms with Crippen molar-refractivity contribution in [2.75, 3.05) is 11.4 Å². The van der Waals surface area contributed by atoms with Crippen LogP contribution in [-0.2, 0) is 31.0 Å². The monoisotopic (exact) mass is 457 g/mol. The minimum Gasteiger partial charge on any atom is -0.458 e. The van der Waals surface area contributed by atoms with E-state index in [4.69, 9.17) is 4.74 Å². The first-order chi connectivity index (χ1) is 14.1. The van der Waals surface area contributed by atoms with Crippen LogP contribution in [0.3, 0.4) is 0 Å². The van der Waals surface area contributed by atoms with E-state index in [0.29, 0.717) is 17.4 Å². The normalized spacial score (nSPS) is 12.6. The van der Waals surface area contributed by atoms with E-state index in [1.807, 2.05) is 6.92 Å². The summed E-state index contributed by atoms with van der Waals surface area (Å²) in [5.41, 5.74) is 0.433. The lowest BCUT2D eigenvalue weighted by Gasteiger charge is -2.20. The van der Waals surface area contributed by atoms with Gasteiger partial charge < -0.3 is 4.74 Å². The Morgan fingerprint density at radius 1 is 1.30 bits per heavy atom. The highest BCUT2D eigenvalue weighted by atomic mass is 32.2. The molecule has 11 heteroatoms. The molecule has 1 aromatic carbocycles. The Bertz CT molecular complexity index is 1010. The molecule has 8 nitrogen and oxygen atoms in total. The van der Waals surface area contributed by atoms with Crippen LogP contribution in [0.4, 0.5) is 9.52 Å². The third kappa shape index (κ3) is 5.83. The fraction of sp³-hybridized carbons (Fsp3) is 0.421. The average molecular weight is 458 g/mol. The molecule has 1 aromatic heterocycles. The number of amides is 1. The number of carbonyl (C=O) groups is 2. The van der Waals surface area contributed by atoms with E-state index in [1.165, 1.54) is 35.3 Å². The first kappa shape index (κ1) is 23.9. The first-order valence-electron chi connectivity index (χ1n) is 9.22. The number of nitrogens with zero attached hydrogens (tertiary/aromatic N) is 2. The number of esters is 1. The highest BCUT2D eigenvalue weighted by Gasteiger charge is 2.31. The number of hydrogen-bond acceptors (Lipinski definition) is 7. The smallest absolute Gasteiger partial charge is 0.324 e. The van der Waals surface area contributed by atoms with Gasteiger partial charge in [0, 0.05) is 18.8 Å². The maximum absolute atomic E-state index is 13.9. The standard InChI is InChI=1S/C19H24FN3O5S2/c1-5-23(13(4)24)19-21-14(11-29-19)10-28-18(25)17(12(2)3)22-30(26,27)16-9-7-6-8-15(16)20/h6-9,11-12,17,22H,5,10H2,1-4H3. The zero-order valence-electron chi connectivity index (χ0n) is 17.1. The highest BCUT2D eigenvalue weighted by molar-refractivity contribution is 7.89. The molecule has 1 heterocycles. The zero-order chi connectivity index (χ0) is 22.5. The van der Waals surface area contributed by atoms with E-state index in [2.05, 4.69) is 9.71 Å². The van der Waals surface area contributed by atoms with Gasteiger partial charge in [0.05, 0.1) is 5.69 Å². The predicted octanol–water partition coefficient (Wildman–Crippen LogP) is 2.70. The summed E-state index contributed by atoms with van der Waals surface area (Å²) < 4.78 is 46.4. The van der Waals surface area contributed by atoms with Gasteiger partial charge in [-0.05, 0) is 25.0 Å². The fourth-order valence-corrected chi connectivity index (χ4v) is 4.89. The summed E-state index contributed by atoms with van der Waals surface area (Å²) in [6.45, 7) is 6.80. The zero-order valence-corrected chi connectivity index (χ0v) is 18.7. The van der Waals surface area contributed by atoms with Gasteiger partial charge in [-0.1, -0.05) is 26.0 Å². The van der Waals surface area contributed by atoms with E-state index < -0.39 is 38.7 Å². The molecule has 2 aromatic rings. The second kappa shape index (κ2) is 10.1.